The summed E-state index contributed by atoms with van der Waals surface area (Å²) >= 11 is 0. The second-order valence-corrected chi connectivity index (χ2v) is 7.43. The van der Waals surface area contributed by atoms with E-state index < -0.39 is 0 Å². The summed E-state index contributed by atoms with van der Waals surface area (Å²) in [6.07, 6.45) is 2.52. The summed E-state index contributed by atoms with van der Waals surface area (Å²) in [6, 6.07) is 13.8. The quantitative estimate of drug-likeness (QED) is 0.603. The van der Waals surface area contributed by atoms with Crippen LogP contribution in [0.25, 0.3) is 17.1 Å². The van der Waals surface area contributed by atoms with Gasteiger partial charge in [0.2, 0.25) is 5.91 Å². The van der Waals surface area contributed by atoms with Gasteiger partial charge in [-0.25, -0.2) is 14.1 Å². The van der Waals surface area contributed by atoms with E-state index in [1.807, 2.05) is 30.3 Å². The van der Waals surface area contributed by atoms with Crippen LogP contribution in [0.2, 0.25) is 0 Å². The van der Waals surface area contributed by atoms with Crippen molar-refractivity contribution in [3.8, 4) is 17.1 Å². The predicted molar refractivity (Wildman–Crippen MR) is 115 cm³/mol. The van der Waals surface area contributed by atoms with Crippen LogP contribution in [0.5, 0.6) is 0 Å². The van der Waals surface area contributed by atoms with Crippen LogP contribution >= 0.6 is 0 Å². The maximum atomic E-state index is 13.8. The minimum absolute atomic E-state index is 0.00653. The van der Waals surface area contributed by atoms with Gasteiger partial charge in [0.05, 0.1) is 24.6 Å². The van der Waals surface area contributed by atoms with Gasteiger partial charge < -0.3 is 10.1 Å². The minimum atomic E-state index is -0.313. The number of rotatable bonds is 8. The zero-order valence-corrected chi connectivity index (χ0v) is 17.3. The number of nitrogens with one attached hydrogen (secondary N) is 1. The summed E-state index contributed by atoms with van der Waals surface area (Å²) in [5.41, 5.74) is 2.20. The number of pyridine rings is 1. The van der Waals surface area contributed by atoms with E-state index in [1.165, 1.54) is 12.1 Å². The molecular formula is C23H26FN5O2. The van der Waals surface area contributed by atoms with Gasteiger partial charge in [0.15, 0.2) is 5.82 Å². The molecule has 4 rings (SSSR count). The van der Waals surface area contributed by atoms with E-state index in [-0.39, 0.29) is 11.7 Å². The molecule has 1 saturated heterocycles. The summed E-state index contributed by atoms with van der Waals surface area (Å²) in [4.78, 5) is 18.9. The summed E-state index contributed by atoms with van der Waals surface area (Å²) in [7, 11) is 0. The van der Waals surface area contributed by atoms with Crippen molar-refractivity contribution >= 4 is 5.91 Å². The van der Waals surface area contributed by atoms with Gasteiger partial charge in [0.25, 0.3) is 0 Å². The number of nitrogens with zero attached hydrogens (tertiary/aromatic N) is 4. The van der Waals surface area contributed by atoms with Crippen LogP contribution in [0, 0.1) is 5.82 Å². The minimum Gasteiger partial charge on any atom is -0.379 e. The molecule has 7 nitrogen and oxygen atoms in total. The molecule has 1 aliphatic heterocycles. The Morgan fingerprint density at radius 3 is 2.77 bits per heavy atom. The van der Waals surface area contributed by atoms with Gasteiger partial charge in [-0.2, -0.15) is 5.10 Å². The number of aryl methyl sites for hydroxylation is 1. The number of carbonyl (C=O) groups excluding carboxylic acids is 1. The molecule has 0 saturated carbocycles. The Kier molecular flexibility index (Phi) is 7.01. The highest BCUT2D eigenvalue weighted by atomic mass is 19.1. The Balaban J connectivity index is 1.40. The Bertz CT molecular complexity index is 1000. The van der Waals surface area contributed by atoms with Gasteiger partial charge in [-0.05, 0) is 30.3 Å². The first-order valence-corrected chi connectivity index (χ1v) is 10.5. The zero-order chi connectivity index (χ0) is 21.5. The molecule has 2 aromatic heterocycles. The molecule has 0 bridgehead atoms. The Morgan fingerprint density at radius 2 is 2.00 bits per heavy atom. The number of halogens is 1. The fourth-order valence-electron chi connectivity index (χ4n) is 3.57. The zero-order valence-electron chi connectivity index (χ0n) is 17.3. The van der Waals surface area contributed by atoms with Crippen molar-refractivity contribution in [3.05, 3.63) is 66.2 Å². The highest BCUT2D eigenvalue weighted by molar-refractivity contribution is 5.76. The second kappa shape index (κ2) is 10.3. The first-order valence-electron chi connectivity index (χ1n) is 10.5. The van der Waals surface area contributed by atoms with Crippen LogP contribution in [-0.4, -0.2) is 65.0 Å². The third-order valence-electron chi connectivity index (χ3n) is 5.21. The second-order valence-electron chi connectivity index (χ2n) is 7.43. The molecule has 31 heavy (non-hydrogen) atoms. The molecule has 0 radical (unpaired) electrons. The van der Waals surface area contributed by atoms with Crippen molar-refractivity contribution in [1.29, 1.82) is 0 Å². The molecule has 0 spiro atoms. The SMILES string of the molecule is O=C(CCc1cc(-c2cccc(F)c2)n(-c2ccccn2)n1)NCCN1CCOCC1. The third-order valence-corrected chi connectivity index (χ3v) is 5.21. The molecule has 1 aliphatic rings. The standard InChI is InChI=1S/C23H26FN5O2/c24-19-5-3-4-18(16-19)21-17-20(27-29(21)22-6-1-2-9-25-22)7-8-23(30)26-10-11-28-12-14-31-15-13-28/h1-6,9,16-17H,7-8,10-15H2,(H,26,30). The van der Waals surface area contributed by atoms with Crippen molar-refractivity contribution in [3.63, 3.8) is 0 Å². The molecule has 3 aromatic rings. The first-order chi connectivity index (χ1) is 15.2. The van der Waals surface area contributed by atoms with Crippen LogP contribution in [0.4, 0.5) is 4.39 Å². The third kappa shape index (κ3) is 5.74. The van der Waals surface area contributed by atoms with Gasteiger partial charge >= 0.3 is 0 Å². The number of amides is 1. The van der Waals surface area contributed by atoms with Crippen molar-refractivity contribution in [2.75, 3.05) is 39.4 Å². The molecule has 1 amide bonds. The normalized spacial score (nSPS) is 14.5. The van der Waals surface area contributed by atoms with E-state index in [9.17, 15) is 9.18 Å². The highest BCUT2D eigenvalue weighted by Crippen LogP contribution is 2.24. The molecule has 1 N–H and O–H groups in total. The van der Waals surface area contributed by atoms with Gasteiger partial charge in [-0.15, -0.1) is 0 Å². The fourth-order valence-corrected chi connectivity index (χ4v) is 3.57. The number of ether oxygens (including phenoxy) is 1. The van der Waals surface area contributed by atoms with Crippen LogP contribution < -0.4 is 5.32 Å². The summed E-state index contributed by atoms with van der Waals surface area (Å²) in [5, 5.41) is 7.62. The van der Waals surface area contributed by atoms with Gasteiger partial charge in [0.1, 0.15) is 5.82 Å². The topological polar surface area (TPSA) is 72.3 Å². The molecular weight excluding hydrogens is 397 g/mol. The van der Waals surface area contributed by atoms with E-state index in [1.54, 1.807) is 16.9 Å². The summed E-state index contributed by atoms with van der Waals surface area (Å²) in [5.74, 6) is 0.323. The van der Waals surface area contributed by atoms with Crippen LogP contribution in [0.1, 0.15) is 12.1 Å². The average molecular weight is 423 g/mol. The maximum absolute atomic E-state index is 13.8. The van der Waals surface area contributed by atoms with Crippen LogP contribution in [0.15, 0.2) is 54.7 Å². The molecule has 0 atom stereocenters. The summed E-state index contributed by atoms with van der Waals surface area (Å²) in [6.45, 7) is 4.76. The van der Waals surface area contributed by atoms with Crippen molar-refractivity contribution in [2.45, 2.75) is 12.8 Å². The van der Waals surface area contributed by atoms with Crippen molar-refractivity contribution in [1.82, 2.24) is 25.0 Å². The van der Waals surface area contributed by atoms with E-state index in [4.69, 9.17) is 4.74 Å². The van der Waals surface area contributed by atoms with Gasteiger partial charge in [-0.1, -0.05) is 18.2 Å². The van der Waals surface area contributed by atoms with E-state index in [2.05, 4.69) is 20.3 Å². The lowest BCUT2D eigenvalue weighted by atomic mass is 10.1. The Hall–Kier alpha value is -3.10. The lowest BCUT2D eigenvalue weighted by Crippen LogP contribution is -2.41. The summed E-state index contributed by atoms with van der Waals surface area (Å²) < 4.78 is 20.8. The van der Waals surface area contributed by atoms with Crippen molar-refractivity contribution in [2.24, 2.45) is 0 Å². The van der Waals surface area contributed by atoms with Crippen LogP contribution in [-0.2, 0) is 16.0 Å². The molecule has 0 aliphatic carbocycles. The number of aromatic nitrogens is 3. The molecule has 1 aromatic carbocycles. The number of benzene rings is 1. The van der Waals surface area contributed by atoms with E-state index >= 15 is 0 Å². The molecule has 0 unspecified atom stereocenters. The predicted octanol–water partition coefficient (Wildman–Crippen LogP) is 2.45. The molecule has 3 heterocycles. The van der Waals surface area contributed by atoms with Gasteiger partial charge in [0, 0.05) is 50.8 Å². The van der Waals surface area contributed by atoms with Crippen molar-refractivity contribution < 1.29 is 13.9 Å². The monoisotopic (exact) mass is 423 g/mol. The van der Waals surface area contributed by atoms with Crippen LogP contribution in [0.3, 0.4) is 0 Å². The number of hydrogen-bond acceptors (Lipinski definition) is 5. The Labute approximate surface area is 180 Å². The molecule has 1 fully saturated rings. The van der Waals surface area contributed by atoms with E-state index in [0.29, 0.717) is 30.8 Å². The maximum Gasteiger partial charge on any atom is 0.220 e. The number of morpholine rings is 1. The van der Waals surface area contributed by atoms with Gasteiger partial charge in [-0.3, -0.25) is 9.69 Å². The smallest absolute Gasteiger partial charge is 0.220 e. The highest BCUT2D eigenvalue weighted by Gasteiger charge is 2.15. The molecule has 162 valence electrons. The number of carbonyl (C=O) groups is 1. The lowest BCUT2D eigenvalue weighted by molar-refractivity contribution is -0.121. The largest absolute Gasteiger partial charge is 0.379 e. The Morgan fingerprint density at radius 1 is 1.13 bits per heavy atom. The lowest BCUT2D eigenvalue weighted by Gasteiger charge is -2.26. The average Bonchev–Trinajstić information content (AvgIpc) is 3.23. The fraction of sp³-hybridized carbons (Fsp3) is 0.348. The molecule has 8 heteroatoms. The first kappa shape index (κ1) is 21.1. The number of hydrogen-bond donors (Lipinski definition) is 1. The van der Waals surface area contributed by atoms with E-state index in [0.717, 1.165) is 44.2 Å².